The van der Waals surface area contributed by atoms with Gasteiger partial charge in [-0.2, -0.15) is 0 Å². The summed E-state index contributed by atoms with van der Waals surface area (Å²) in [5.74, 6) is 0.769. The number of amides is 1. The van der Waals surface area contributed by atoms with E-state index in [1.54, 1.807) is 11.9 Å². The Kier molecular flexibility index (Phi) is 5.65. The summed E-state index contributed by atoms with van der Waals surface area (Å²) >= 11 is 3.48. The van der Waals surface area contributed by atoms with E-state index < -0.39 is 0 Å². The molecule has 0 bridgehead atoms. The van der Waals surface area contributed by atoms with Gasteiger partial charge in [0.15, 0.2) is 6.61 Å². The zero-order chi connectivity index (χ0) is 15.4. The summed E-state index contributed by atoms with van der Waals surface area (Å²) in [7, 11) is 1.80. The van der Waals surface area contributed by atoms with Crippen LogP contribution >= 0.6 is 15.9 Å². The van der Waals surface area contributed by atoms with E-state index in [4.69, 9.17) is 4.74 Å². The lowest BCUT2D eigenvalue weighted by Gasteiger charge is -2.22. The van der Waals surface area contributed by atoms with Gasteiger partial charge in [0.05, 0.1) is 0 Å². The Morgan fingerprint density at radius 1 is 1.48 bits per heavy atom. The zero-order valence-corrected chi connectivity index (χ0v) is 14.4. The molecule has 1 aliphatic carbocycles. The maximum Gasteiger partial charge on any atom is 0.260 e. The highest BCUT2D eigenvalue weighted by atomic mass is 79.9. The fourth-order valence-corrected chi connectivity index (χ4v) is 2.31. The highest BCUT2D eigenvalue weighted by molar-refractivity contribution is 9.10. The number of ether oxygens (including phenoxy) is 1. The van der Waals surface area contributed by atoms with Crippen LogP contribution in [0, 0.1) is 0 Å². The van der Waals surface area contributed by atoms with Crippen molar-refractivity contribution in [2.45, 2.75) is 45.3 Å². The van der Waals surface area contributed by atoms with Gasteiger partial charge in [0.1, 0.15) is 5.75 Å². The third kappa shape index (κ3) is 5.00. The largest absolute Gasteiger partial charge is 0.483 e. The molecule has 2 rings (SSSR count). The van der Waals surface area contributed by atoms with E-state index in [0.717, 1.165) is 22.3 Å². The summed E-state index contributed by atoms with van der Waals surface area (Å²) in [4.78, 5) is 13.7. The summed E-state index contributed by atoms with van der Waals surface area (Å²) in [5, 5.41) is 3.47. The molecule has 0 heterocycles. The number of nitrogens with one attached hydrogen (secondary N) is 1. The first kappa shape index (κ1) is 16.3. The molecular formula is C16H23BrN2O2. The van der Waals surface area contributed by atoms with Gasteiger partial charge in [-0.15, -0.1) is 0 Å². The van der Waals surface area contributed by atoms with Gasteiger partial charge in [-0.1, -0.05) is 15.9 Å². The molecule has 0 radical (unpaired) electrons. The molecule has 1 N–H and O–H groups in total. The molecular weight excluding hydrogens is 332 g/mol. The van der Waals surface area contributed by atoms with Crippen LogP contribution in [0.15, 0.2) is 22.7 Å². The number of carbonyl (C=O) groups excluding carboxylic acids is 1. The van der Waals surface area contributed by atoms with Crippen molar-refractivity contribution in [3.05, 3.63) is 28.2 Å². The molecule has 0 aromatic heterocycles. The van der Waals surface area contributed by atoms with E-state index in [9.17, 15) is 4.79 Å². The number of rotatable bonds is 7. The number of nitrogens with zero attached hydrogens (tertiary/aromatic N) is 1. The lowest BCUT2D eigenvalue weighted by molar-refractivity contribution is -0.133. The molecule has 116 valence electrons. The maximum atomic E-state index is 12.0. The summed E-state index contributed by atoms with van der Waals surface area (Å²) in [6, 6.07) is 6.72. The standard InChI is InChI=1S/C16H23BrN2O2/c1-11(2)19(3)16(20)10-21-15-7-4-13(17)8-12(15)9-18-14-5-6-14/h4,7-8,11,14,18H,5-6,9-10H2,1-3H3. The van der Waals surface area contributed by atoms with Crippen molar-refractivity contribution in [3.8, 4) is 5.75 Å². The quantitative estimate of drug-likeness (QED) is 0.818. The fourth-order valence-electron chi connectivity index (χ4n) is 1.90. The average Bonchev–Trinajstić information content (AvgIpc) is 3.26. The van der Waals surface area contributed by atoms with Gasteiger partial charge in [-0.05, 0) is 44.9 Å². The fraction of sp³-hybridized carbons (Fsp3) is 0.562. The Balaban J connectivity index is 1.96. The Morgan fingerprint density at radius 3 is 2.81 bits per heavy atom. The van der Waals surface area contributed by atoms with Crippen molar-refractivity contribution in [3.63, 3.8) is 0 Å². The zero-order valence-electron chi connectivity index (χ0n) is 12.9. The predicted molar refractivity (Wildman–Crippen MR) is 87.4 cm³/mol. The highest BCUT2D eigenvalue weighted by Crippen LogP contribution is 2.25. The highest BCUT2D eigenvalue weighted by Gasteiger charge is 2.21. The van der Waals surface area contributed by atoms with Crippen LogP contribution in [0.25, 0.3) is 0 Å². The number of benzene rings is 1. The Bertz CT molecular complexity index is 501. The lowest BCUT2D eigenvalue weighted by Crippen LogP contribution is -2.36. The van der Waals surface area contributed by atoms with Gasteiger partial charge >= 0.3 is 0 Å². The number of carbonyl (C=O) groups is 1. The summed E-state index contributed by atoms with van der Waals surface area (Å²) < 4.78 is 6.75. The second kappa shape index (κ2) is 7.27. The number of halogens is 1. The van der Waals surface area contributed by atoms with Crippen LogP contribution in [-0.4, -0.2) is 36.5 Å². The molecule has 0 saturated heterocycles. The molecule has 1 fully saturated rings. The van der Waals surface area contributed by atoms with Crippen molar-refractivity contribution in [1.82, 2.24) is 10.2 Å². The molecule has 0 unspecified atom stereocenters. The Hall–Kier alpha value is -1.07. The van der Waals surface area contributed by atoms with E-state index in [1.165, 1.54) is 12.8 Å². The van der Waals surface area contributed by atoms with Crippen molar-refractivity contribution >= 4 is 21.8 Å². The van der Waals surface area contributed by atoms with Crippen LogP contribution in [0.3, 0.4) is 0 Å². The van der Waals surface area contributed by atoms with Crippen molar-refractivity contribution in [2.24, 2.45) is 0 Å². The first-order chi connectivity index (χ1) is 9.97. The topological polar surface area (TPSA) is 41.6 Å². The first-order valence-electron chi connectivity index (χ1n) is 7.37. The minimum Gasteiger partial charge on any atom is -0.483 e. The SMILES string of the molecule is CC(C)N(C)C(=O)COc1ccc(Br)cc1CNC1CC1. The average molecular weight is 355 g/mol. The van der Waals surface area contributed by atoms with Gasteiger partial charge < -0.3 is 15.0 Å². The smallest absolute Gasteiger partial charge is 0.260 e. The second-order valence-corrected chi connectivity index (χ2v) is 6.71. The van der Waals surface area contributed by atoms with Gasteiger partial charge in [0.2, 0.25) is 0 Å². The Labute approximate surface area is 135 Å². The van der Waals surface area contributed by atoms with Gasteiger partial charge in [-0.25, -0.2) is 0 Å². The Morgan fingerprint density at radius 2 is 2.19 bits per heavy atom. The molecule has 0 aliphatic heterocycles. The minimum absolute atomic E-state index is 0.00554. The normalized spacial score (nSPS) is 14.3. The van der Waals surface area contributed by atoms with Crippen molar-refractivity contribution < 1.29 is 9.53 Å². The maximum absolute atomic E-state index is 12.0. The summed E-state index contributed by atoms with van der Waals surface area (Å²) in [5.41, 5.74) is 1.08. The van der Waals surface area contributed by atoms with Gasteiger partial charge in [-0.3, -0.25) is 4.79 Å². The molecule has 0 atom stereocenters. The first-order valence-corrected chi connectivity index (χ1v) is 8.17. The van der Waals surface area contributed by atoms with Crippen LogP contribution in [0.4, 0.5) is 0 Å². The van der Waals surface area contributed by atoms with E-state index in [-0.39, 0.29) is 18.6 Å². The molecule has 4 nitrogen and oxygen atoms in total. The van der Waals surface area contributed by atoms with Gasteiger partial charge in [0.25, 0.3) is 5.91 Å². The van der Waals surface area contributed by atoms with E-state index in [1.807, 2.05) is 32.0 Å². The molecule has 1 aromatic carbocycles. The second-order valence-electron chi connectivity index (χ2n) is 5.79. The lowest BCUT2D eigenvalue weighted by atomic mass is 10.2. The molecule has 1 aliphatic rings. The molecule has 21 heavy (non-hydrogen) atoms. The molecule has 1 amide bonds. The number of hydrogen-bond donors (Lipinski definition) is 1. The number of hydrogen-bond acceptors (Lipinski definition) is 3. The third-order valence-electron chi connectivity index (χ3n) is 3.70. The monoisotopic (exact) mass is 354 g/mol. The van der Waals surface area contributed by atoms with Crippen LogP contribution < -0.4 is 10.1 Å². The van der Waals surface area contributed by atoms with E-state index in [2.05, 4.69) is 21.2 Å². The van der Waals surface area contributed by atoms with Crippen molar-refractivity contribution in [1.29, 1.82) is 0 Å². The minimum atomic E-state index is -0.00554. The molecule has 0 spiro atoms. The van der Waals surface area contributed by atoms with Crippen LogP contribution in [-0.2, 0) is 11.3 Å². The summed E-state index contributed by atoms with van der Waals surface area (Å²) in [6.07, 6.45) is 2.50. The predicted octanol–water partition coefficient (Wildman–Crippen LogP) is 2.95. The molecule has 5 heteroatoms. The molecule has 1 saturated carbocycles. The van der Waals surface area contributed by atoms with Gasteiger partial charge in [0, 0.05) is 35.7 Å². The third-order valence-corrected chi connectivity index (χ3v) is 4.19. The van der Waals surface area contributed by atoms with Crippen LogP contribution in [0.2, 0.25) is 0 Å². The van der Waals surface area contributed by atoms with Crippen molar-refractivity contribution in [2.75, 3.05) is 13.7 Å². The number of likely N-dealkylation sites (N-methyl/N-ethyl adjacent to an activating group) is 1. The van der Waals surface area contributed by atoms with E-state index in [0.29, 0.717) is 6.04 Å². The van der Waals surface area contributed by atoms with Crippen LogP contribution in [0.1, 0.15) is 32.3 Å². The van der Waals surface area contributed by atoms with E-state index >= 15 is 0 Å². The summed E-state index contributed by atoms with van der Waals surface area (Å²) in [6.45, 7) is 4.82. The van der Waals surface area contributed by atoms with Crippen LogP contribution in [0.5, 0.6) is 5.75 Å². The molecule has 1 aromatic rings.